The summed E-state index contributed by atoms with van der Waals surface area (Å²) in [5.41, 5.74) is 6.37. The summed E-state index contributed by atoms with van der Waals surface area (Å²) in [6, 6.07) is 7.64. The highest BCUT2D eigenvalue weighted by Crippen LogP contribution is 2.42. The molecule has 0 aromatic heterocycles. The molecule has 0 aliphatic carbocycles. The molecule has 19 heavy (non-hydrogen) atoms. The van der Waals surface area contributed by atoms with Crippen LogP contribution in [0.2, 0.25) is 0 Å². The minimum atomic E-state index is 0.292. The molecule has 1 N–H and O–H groups in total. The second-order valence-corrected chi connectivity index (χ2v) is 5.14. The number of phenols is 1. The van der Waals surface area contributed by atoms with E-state index in [1.165, 1.54) is 5.56 Å². The van der Waals surface area contributed by atoms with Crippen LogP contribution in [-0.2, 0) is 0 Å². The van der Waals surface area contributed by atoms with E-state index in [1.807, 2.05) is 32.0 Å². The van der Waals surface area contributed by atoms with Crippen molar-refractivity contribution in [2.75, 3.05) is 0 Å². The second kappa shape index (κ2) is 5.22. The van der Waals surface area contributed by atoms with Crippen LogP contribution in [-0.4, -0.2) is 5.11 Å². The van der Waals surface area contributed by atoms with Gasteiger partial charge in [0, 0.05) is 11.1 Å². The van der Waals surface area contributed by atoms with Crippen molar-refractivity contribution in [2.45, 2.75) is 27.7 Å². The summed E-state index contributed by atoms with van der Waals surface area (Å²) < 4.78 is 5.39. The second-order valence-electron chi connectivity index (χ2n) is 4.90. The van der Waals surface area contributed by atoms with Crippen LogP contribution < -0.4 is 4.52 Å². The largest absolute Gasteiger partial charge is 0.507 e. The van der Waals surface area contributed by atoms with Gasteiger partial charge in [0.05, 0.1) is 9.47 Å². The van der Waals surface area contributed by atoms with Gasteiger partial charge in [0.15, 0.2) is 0 Å². The molecule has 0 spiro atoms. The van der Waals surface area contributed by atoms with Gasteiger partial charge in [-0.25, -0.2) is 0 Å². The third-order valence-electron chi connectivity index (χ3n) is 3.79. The lowest BCUT2D eigenvalue weighted by Crippen LogP contribution is -1.95. The first-order valence-corrected chi connectivity index (χ1v) is 6.71. The Kier molecular flexibility index (Phi) is 3.82. The van der Waals surface area contributed by atoms with Crippen molar-refractivity contribution in [1.29, 1.82) is 0 Å². The molecule has 0 saturated carbocycles. The van der Waals surface area contributed by atoms with E-state index in [-0.39, 0.29) is 0 Å². The fourth-order valence-corrected chi connectivity index (χ4v) is 2.51. The quantitative estimate of drug-likeness (QED) is 0.819. The lowest BCUT2D eigenvalue weighted by atomic mass is 9.90. The van der Waals surface area contributed by atoms with Crippen LogP contribution in [0.15, 0.2) is 24.3 Å². The number of aromatic hydroxyl groups is 1. The molecule has 0 aliphatic rings. The maximum atomic E-state index is 10.2. The average Bonchev–Trinajstić information content (AvgIpc) is 2.39. The maximum Gasteiger partial charge on any atom is 0.130 e. The zero-order valence-corrected chi connectivity index (χ0v) is 12.9. The maximum absolute atomic E-state index is 10.2. The number of benzene rings is 2. The molecule has 3 heteroatoms. The molecule has 0 bridgehead atoms. The molecule has 2 aromatic rings. The first-order chi connectivity index (χ1) is 8.97. The normalized spacial score (nSPS) is 10.6. The first kappa shape index (κ1) is 13.9. The van der Waals surface area contributed by atoms with Crippen LogP contribution >= 0.6 is 9.47 Å². The van der Waals surface area contributed by atoms with E-state index >= 15 is 0 Å². The lowest BCUT2D eigenvalue weighted by Gasteiger charge is -2.18. The number of rotatable bonds is 2. The highest BCUT2D eigenvalue weighted by Gasteiger charge is 2.17. The van der Waals surface area contributed by atoms with Crippen LogP contribution in [0.4, 0.5) is 0 Å². The zero-order valence-electron chi connectivity index (χ0n) is 11.7. The number of hydrogen-bond donors (Lipinski definition) is 1. The van der Waals surface area contributed by atoms with Gasteiger partial charge in [-0.15, -0.1) is 0 Å². The fraction of sp³-hybridized carbons (Fsp3) is 0.250. The average molecular weight is 274 g/mol. The Balaban J connectivity index is 2.86. The van der Waals surface area contributed by atoms with Gasteiger partial charge in [-0.05, 0) is 62.1 Å². The predicted molar refractivity (Wildman–Crippen MR) is 82.8 cm³/mol. The van der Waals surface area contributed by atoms with Gasteiger partial charge in [0.25, 0.3) is 0 Å². The topological polar surface area (TPSA) is 29.5 Å². The van der Waals surface area contributed by atoms with E-state index in [1.54, 1.807) is 6.07 Å². The van der Waals surface area contributed by atoms with E-state index < -0.39 is 0 Å². The van der Waals surface area contributed by atoms with Crippen molar-refractivity contribution >= 4 is 9.47 Å². The Morgan fingerprint density at radius 2 is 1.37 bits per heavy atom. The molecule has 0 fully saturated rings. The molecule has 2 rings (SSSR count). The van der Waals surface area contributed by atoms with Gasteiger partial charge in [0.2, 0.25) is 0 Å². The Morgan fingerprint density at radius 3 is 1.95 bits per heavy atom. The lowest BCUT2D eigenvalue weighted by molar-refractivity contribution is 0.476. The van der Waals surface area contributed by atoms with Crippen molar-refractivity contribution in [3.8, 4) is 22.6 Å². The molecule has 1 unspecified atom stereocenters. The summed E-state index contributed by atoms with van der Waals surface area (Å²) >= 11 is 0. The Labute approximate surface area is 116 Å². The molecular formula is C16H19O2P. The van der Waals surface area contributed by atoms with Crippen LogP contribution in [0, 0.1) is 27.7 Å². The highest BCUT2D eigenvalue weighted by atomic mass is 31.0. The van der Waals surface area contributed by atoms with Crippen LogP contribution in [0.5, 0.6) is 11.5 Å². The molecule has 0 amide bonds. The van der Waals surface area contributed by atoms with Crippen molar-refractivity contribution in [2.24, 2.45) is 0 Å². The van der Waals surface area contributed by atoms with Crippen molar-refractivity contribution in [1.82, 2.24) is 0 Å². The Morgan fingerprint density at radius 1 is 0.842 bits per heavy atom. The van der Waals surface area contributed by atoms with E-state index in [9.17, 15) is 5.11 Å². The SMILES string of the molecule is Cc1ccc(O)c(-c2c(OP)ccc(C)c2C)c1C. The van der Waals surface area contributed by atoms with Gasteiger partial charge in [-0.3, -0.25) is 0 Å². The monoisotopic (exact) mass is 274 g/mol. The Bertz CT molecular complexity index is 633. The number of hydrogen-bond acceptors (Lipinski definition) is 2. The molecular weight excluding hydrogens is 255 g/mol. The summed E-state index contributed by atoms with van der Waals surface area (Å²) in [4.78, 5) is 0. The van der Waals surface area contributed by atoms with Crippen molar-refractivity contribution in [3.05, 3.63) is 46.5 Å². The van der Waals surface area contributed by atoms with Crippen LogP contribution in [0.1, 0.15) is 22.3 Å². The van der Waals surface area contributed by atoms with E-state index in [4.69, 9.17) is 4.52 Å². The summed E-state index contributed by atoms with van der Waals surface area (Å²) in [6.07, 6.45) is 0. The highest BCUT2D eigenvalue weighted by molar-refractivity contribution is 7.10. The summed E-state index contributed by atoms with van der Waals surface area (Å²) in [7, 11) is 2.28. The molecule has 1 atom stereocenters. The molecule has 0 heterocycles. The Hall–Kier alpha value is -1.53. The summed E-state index contributed by atoms with van der Waals surface area (Å²) in [5.74, 6) is 1.05. The van der Waals surface area contributed by atoms with Gasteiger partial charge < -0.3 is 9.63 Å². The van der Waals surface area contributed by atoms with Crippen LogP contribution in [0.25, 0.3) is 11.1 Å². The van der Waals surface area contributed by atoms with E-state index in [0.717, 1.165) is 33.6 Å². The standard InChI is InChI=1S/C16H19O2P/c1-9-5-7-13(17)15(11(9)3)16-12(4)10(2)6-8-14(16)18-19/h5-8,17H,19H2,1-4H3. The van der Waals surface area contributed by atoms with Gasteiger partial charge in [-0.1, -0.05) is 12.1 Å². The minimum absolute atomic E-state index is 0.292. The van der Waals surface area contributed by atoms with Crippen molar-refractivity contribution < 1.29 is 9.63 Å². The van der Waals surface area contributed by atoms with Gasteiger partial charge in [0.1, 0.15) is 11.5 Å². The third kappa shape index (κ3) is 2.33. The first-order valence-electron chi connectivity index (χ1n) is 6.23. The summed E-state index contributed by atoms with van der Waals surface area (Å²) in [6.45, 7) is 8.19. The fourth-order valence-electron chi connectivity index (χ4n) is 2.32. The minimum Gasteiger partial charge on any atom is -0.507 e. The smallest absolute Gasteiger partial charge is 0.130 e. The van der Waals surface area contributed by atoms with Crippen molar-refractivity contribution in [3.63, 3.8) is 0 Å². The molecule has 100 valence electrons. The molecule has 2 aromatic carbocycles. The number of phenolic OH excluding ortho intramolecular Hbond substituents is 1. The third-order valence-corrected chi connectivity index (χ3v) is 4.04. The number of aryl methyl sites for hydroxylation is 2. The molecule has 0 radical (unpaired) electrons. The molecule has 0 saturated heterocycles. The van der Waals surface area contributed by atoms with E-state index in [2.05, 4.69) is 23.3 Å². The zero-order chi connectivity index (χ0) is 14.2. The van der Waals surface area contributed by atoms with Crippen LogP contribution in [0.3, 0.4) is 0 Å². The molecule has 2 nitrogen and oxygen atoms in total. The van der Waals surface area contributed by atoms with Gasteiger partial charge >= 0.3 is 0 Å². The van der Waals surface area contributed by atoms with Gasteiger partial charge in [-0.2, -0.15) is 0 Å². The molecule has 0 aliphatic heterocycles. The predicted octanol–water partition coefficient (Wildman–Crippen LogP) is 4.46. The van der Waals surface area contributed by atoms with E-state index in [0.29, 0.717) is 5.75 Å². The summed E-state index contributed by atoms with van der Waals surface area (Å²) in [5, 5.41) is 10.2.